The van der Waals surface area contributed by atoms with Crippen molar-refractivity contribution >= 4 is 23.6 Å². The molecule has 0 atom stereocenters. The lowest BCUT2D eigenvalue weighted by atomic mass is 10.1. The summed E-state index contributed by atoms with van der Waals surface area (Å²) in [7, 11) is 3.58. The molecule has 0 fully saturated rings. The van der Waals surface area contributed by atoms with Crippen molar-refractivity contribution in [3.8, 4) is 10.7 Å². The molecule has 2 aromatic rings. The van der Waals surface area contributed by atoms with Crippen molar-refractivity contribution < 1.29 is 4.74 Å². The highest BCUT2D eigenvalue weighted by molar-refractivity contribution is 7.71. The van der Waals surface area contributed by atoms with Crippen LogP contribution in [0.3, 0.4) is 0 Å². The predicted octanol–water partition coefficient (Wildman–Crippen LogP) is 2.95. The topological polar surface area (TPSA) is 55.7 Å². The summed E-state index contributed by atoms with van der Waals surface area (Å²) in [4.78, 5) is 5.69. The Balaban J connectivity index is 2.45. The highest BCUT2D eigenvalue weighted by Crippen LogP contribution is 2.30. The zero-order chi connectivity index (χ0) is 14.0. The van der Waals surface area contributed by atoms with E-state index in [1.807, 2.05) is 11.6 Å². The molecule has 0 amide bonds. The second-order valence-electron chi connectivity index (χ2n) is 4.83. The van der Waals surface area contributed by atoms with Crippen LogP contribution in [0.5, 0.6) is 0 Å². The van der Waals surface area contributed by atoms with Crippen LogP contribution in [0.15, 0.2) is 0 Å². The Kier molecular flexibility index (Phi) is 4.49. The first kappa shape index (κ1) is 14.4. The molecule has 1 N–H and O–H groups in total. The second kappa shape index (κ2) is 5.94. The molecule has 0 aliphatic rings. The minimum atomic E-state index is 0.490. The molecule has 0 bridgehead atoms. The van der Waals surface area contributed by atoms with Gasteiger partial charge in [0, 0.05) is 20.6 Å². The van der Waals surface area contributed by atoms with Crippen LogP contribution in [-0.2, 0) is 24.8 Å². The summed E-state index contributed by atoms with van der Waals surface area (Å²) in [5.41, 5.74) is 0.931. The van der Waals surface area contributed by atoms with Crippen LogP contribution in [0.25, 0.3) is 10.7 Å². The molecular weight excluding hydrogens is 280 g/mol. The molecule has 0 saturated heterocycles. The number of methoxy groups -OCH3 is 1. The van der Waals surface area contributed by atoms with Gasteiger partial charge in [0.1, 0.15) is 0 Å². The third-order valence-electron chi connectivity index (χ3n) is 2.69. The van der Waals surface area contributed by atoms with Gasteiger partial charge >= 0.3 is 0 Å². The first-order valence-electron chi connectivity index (χ1n) is 6.12. The fraction of sp³-hybridized carbons (Fsp3) is 0.583. The standard InChI is InChI=1S/C12H18N4OS2/c1-7(2)5-9-13-8(6-17-4)10(19-9)11-14-15-12(18)16(11)3/h7H,5-6H2,1-4H3,(H,15,18). The normalized spacial score (nSPS) is 11.4. The van der Waals surface area contributed by atoms with Gasteiger partial charge in [0.05, 0.1) is 22.2 Å². The van der Waals surface area contributed by atoms with Gasteiger partial charge in [-0.2, -0.15) is 5.10 Å². The number of aromatic nitrogens is 4. The van der Waals surface area contributed by atoms with Crippen molar-refractivity contribution in [3.05, 3.63) is 15.5 Å². The minimum absolute atomic E-state index is 0.490. The largest absolute Gasteiger partial charge is 0.378 e. The van der Waals surface area contributed by atoms with E-state index in [1.54, 1.807) is 18.4 Å². The summed E-state index contributed by atoms with van der Waals surface area (Å²) in [6, 6.07) is 0. The molecule has 19 heavy (non-hydrogen) atoms. The van der Waals surface area contributed by atoms with Crippen molar-refractivity contribution in [1.82, 2.24) is 19.7 Å². The van der Waals surface area contributed by atoms with E-state index in [-0.39, 0.29) is 0 Å². The maximum Gasteiger partial charge on any atom is 0.195 e. The number of H-pyrrole nitrogens is 1. The lowest BCUT2D eigenvalue weighted by molar-refractivity contribution is 0.182. The quantitative estimate of drug-likeness (QED) is 0.862. The van der Waals surface area contributed by atoms with Crippen LogP contribution in [0.2, 0.25) is 0 Å². The van der Waals surface area contributed by atoms with Gasteiger partial charge in [-0.1, -0.05) is 13.8 Å². The van der Waals surface area contributed by atoms with Crippen LogP contribution in [0.4, 0.5) is 0 Å². The number of rotatable bonds is 5. The maximum absolute atomic E-state index is 5.23. The molecule has 2 aromatic heterocycles. The number of nitrogens with zero attached hydrogens (tertiary/aromatic N) is 3. The van der Waals surface area contributed by atoms with E-state index < -0.39 is 0 Å². The highest BCUT2D eigenvalue weighted by atomic mass is 32.1. The molecular formula is C12H18N4OS2. The van der Waals surface area contributed by atoms with Crippen LogP contribution in [-0.4, -0.2) is 26.9 Å². The molecule has 0 aromatic carbocycles. The monoisotopic (exact) mass is 298 g/mol. The molecule has 2 rings (SSSR count). The predicted molar refractivity (Wildman–Crippen MR) is 78.8 cm³/mol. The fourth-order valence-corrected chi connectivity index (χ4v) is 3.23. The van der Waals surface area contributed by atoms with Crippen molar-refractivity contribution in [3.63, 3.8) is 0 Å². The summed E-state index contributed by atoms with van der Waals surface area (Å²) in [6.45, 7) is 4.86. The van der Waals surface area contributed by atoms with Gasteiger partial charge in [0.2, 0.25) is 0 Å². The van der Waals surface area contributed by atoms with Crippen LogP contribution in [0, 0.1) is 10.7 Å². The summed E-state index contributed by atoms with van der Waals surface area (Å²) in [5.74, 6) is 1.40. The van der Waals surface area contributed by atoms with Gasteiger partial charge in [-0.25, -0.2) is 4.98 Å². The molecule has 0 aliphatic carbocycles. The van der Waals surface area contributed by atoms with E-state index >= 15 is 0 Å². The highest BCUT2D eigenvalue weighted by Gasteiger charge is 2.17. The Bertz CT molecular complexity index is 612. The van der Waals surface area contributed by atoms with Crippen molar-refractivity contribution in [2.75, 3.05) is 7.11 Å². The Morgan fingerprint density at radius 1 is 1.47 bits per heavy atom. The Morgan fingerprint density at radius 3 is 2.74 bits per heavy atom. The molecule has 0 saturated carbocycles. The first-order chi connectivity index (χ1) is 9.02. The Morgan fingerprint density at radius 2 is 2.21 bits per heavy atom. The van der Waals surface area contributed by atoms with E-state index in [1.165, 1.54) is 0 Å². The smallest absolute Gasteiger partial charge is 0.195 e. The molecule has 7 heteroatoms. The van der Waals surface area contributed by atoms with E-state index in [9.17, 15) is 0 Å². The number of aromatic amines is 1. The first-order valence-corrected chi connectivity index (χ1v) is 7.34. The van der Waals surface area contributed by atoms with Gasteiger partial charge < -0.3 is 9.30 Å². The summed E-state index contributed by atoms with van der Waals surface area (Å²) < 4.78 is 7.70. The molecule has 0 aliphatic heterocycles. The summed E-state index contributed by atoms with van der Waals surface area (Å²) in [6.07, 6.45) is 0.969. The number of thiazole rings is 1. The number of hydrogen-bond acceptors (Lipinski definition) is 5. The molecule has 0 radical (unpaired) electrons. The van der Waals surface area contributed by atoms with E-state index in [2.05, 4.69) is 29.0 Å². The Hall–Kier alpha value is -1.05. The van der Waals surface area contributed by atoms with Gasteiger partial charge in [0.15, 0.2) is 10.6 Å². The molecule has 2 heterocycles. The van der Waals surface area contributed by atoms with Gasteiger partial charge in [-0.05, 0) is 18.1 Å². The maximum atomic E-state index is 5.23. The summed E-state index contributed by atoms with van der Waals surface area (Å²) >= 11 is 6.82. The third-order valence-corrected chi connectivity index (χ3v) is 4.17. The van der Waals surface area contributed by atoms with Crippen LogP contribution < -0.4 is 0 Å². The van der Waals surface area contributed by atoms with Gasteiger partial charge in [0.25, 0.3) is 0 Å². The van der Waals surface area contributed by atoms with E-state index in [4.69, 9.17) is 17.0 Å². The lowest BCUT2D eigenvalue weighted by Crippen LogP contribution is -1.97. The van der Waals surface area contributed by atoms with Crippen molar-refractivity contribution in [1.29, 1.82) is 0 Å². The van der Waals surface area contributed by atoms with Gasteiger partial charge in [-0.3, -0.25) is 5.10 Å². The second-order valence-corrected chi connectivity index (χ2v) is 6.30. The third kappa shape index (κ3) is 3.10. The average Bonchev–Trinajstić information content (AvgIpc) is 2.85. The molecule has 5 nitrogen and oxygen atoms in total. The zero-order valence-electron chi connectivity index (χ0n) is 11.6. The number of nitrogens with one attached hydrogen (secondary N) is 1. The van der Waals surface area contributed by atoms with E-state index in [0.29, 0.717) is 17.3 Å². The molecule has 0 unspecified atom stereocenters. The lowest BCUT2D eigenvalue weighted by Gasteiger charge is -2.00. The van der Waals surface area contributed by atoms with Crippen LogP contribution >= 0.6 is 23.6 Å². The number of ether oxygens (including phenoxy) is 1. The number of hydrogen-bond donors (Lipinski definition) is 1. The fourth-order valence-electron chi connectivity index (χ4n) is 1.80. The van der Waals surface area contributed by atoms with Crippen molar-refractivity contribution in [2.45, 2.75) is 26.9 Å². The average molecular weight is 298 g/mol. The van der Waals surface area contributed by atoms with Crippen molar-refractivity contribution in [2.24, 2.45) is 13.0 Å². The van der Waals surface area contributed by atoms with Crippen LogP contribution in [0.1, 0.15) is 24.5 Å². The molecule has 0 spiro atoms. The Labute approximate surface area is 121 Å². The zero-order valence-corrected chi connectivity index (χ0v) is 13.2. The molecule has 104 valence electrons. The van der Waals surface area contributed by atoms with E-state index in [0.717, 1.165) is 27.8 Å². The minimum Gasteiger partial charge on any atom is -0.378 e. The SMILES string of the molecule is COCc1nc(CC(C)C)sc1-c1n[nH]c(=S)n1C. The summed E-state index contributed by atoms with van der Waals surface area (Å²) in [5, 5.41) is 8.21. The van der Waals surface area contributed by atoms with Gasteiger partial charge in [-0.15, -0.1) is 11.3 Å².